The minimum Gasteiger partial charge on any atom is -0.381 e. The van der Waals surface area contributed by atoms with Gasteiger partial charge in [0.15, 0.2) is 0 Å². The standard InChI is InChI=1S/C15H19N3O2S/c1-3-17(4-2)14-7-5-13(6-8-14)16-10-12-9-15(18(19)20)21-11-12/h5-9,11,16H,3-4,10H2,1-2H3. The molecule has 1 aromatic carbocycles. The van der Waals surface area contributed by atoms with E-state index in [2.05, 4.69) is 36.2 Å². The van der Waals surface area contributed by atoms with Crippen molar-refractivity contribution < 1.29 is 4.92 Å². The summed E-state index contributed by atoms with van der Waals surface area (Å²) in [5, 5.41) is 15.9. The highest BCUT2D eigenvalue weighted by molar-refractivity contribution is 7.13. The van der Waals surface area contributed by atoms with Crippen LogP contribution in [0.4, 0.5) is 16.4 Å². The van der Waals surface area contributed by atoms with Gasteiger partial charge in [0, 0.05) is 42.5 Å². The number of hydrogen-bond donors (Lipinski definition) is 1. The van der Waals surface area contributed by atoms with Gasteiger partial charge in [-0.25, -0.2) is 0 Å². The fourth-order valence-corrected chi connectivity index (χ4v) is 2.86. The molecule has 1 heterocycles. The van der Waals surface area contributed by atoms with Crippen LogP contribution in [0.2, 0.25) is 0 Å². The zero-order chi connectivity index (χ0) is 15.2. The van der Waals surface area contributed by atoms with Crippen molar-refractivity contribution in [2.24, 2.45) is 0 Å². The summed E-state index contributed by atoms with van der Waals surface area (Å²) in [6, 6.07) is 9.86. The Morgan fingerprint density at radius 3 is 2.43 bits per heavy atom. The molecule has 0 unspecified atom stereocenters. The smallest absolute Gasteiger partial charge is 0.324 e. The maximum absolute atomic E-state index is 10.6. The lowest BCUT2D eigenvalue weighted by Gasteiger charge is -2.21. The molecule has 1 N–H and O–H groups in total. The second-order valence-corrected chi connectivity index (χ2v) is 5.51. The summed E-state index contributed by atoms with van der Waals surface area (Å²) in [4.78, 5) is 12.6. The van der Waals surface area contributed by atoms with Gasteiger partial charge in [-0.05, 0) is 43.7 Å². The van der Waals surface area contributed by atoms with Crippen LogP contribution < -0.4 is 10.2 Å². The molecule has 0 saturated heterocycles. The van der Waals surface area contributed by atoms with Crippen LogP contribution in [-0.4, -0.2) is 18.0 Å². The van der Waals surface area contributed by atoms with Gasteiger partial charge in [0.05, 0.1) is 4.92 Å². The van der Waals surface area contributed by atoms with Crippen molar-refractivity contribution in [3.63, 3.8) is 0 Å². The van der Waals surface area contributed by atoms with E-state index in [0.29, 0.717) is 6.54 Å². The fourth-order valence-electron chi connectivity index (χ4n) is 2.13. The van der Waals surface area contributed by atoms with Crippen LogP contribution in [0.15, 0.2) is 35.7 Å². The van der Waals surface area contributed by atoms with Gasteiger partial charge in [-0.2, -0.15) is 0 Å². The molecule has 6 heteroatoms. The Morgan fingerprint density at radius 1 is 1.24 bits per heavy atom. The third-order valence-electron chi connectivity index (χ3n) is 3.31. The molecule has 0 aliphatic rings. The Morgan fingerprint density at radius 2 is 1.90 bits per heavy atom. The first-order valence-electron chi connectivity index (χ1n) is 6.94. The van der Waals surface area contributed by atoms with E-state index < -0.39 is 0 Å². The van der Waals surface area contributed by atoms with Crippen molar-refractivity contribution in [2.75, 3.05) is 23.3 Å². The molecule has 0 amide bonds. The lowest BCUT2D eigenvalue weighted by Crippen LogP contribution is -2.21. The summed E-state index contributed by atoms with van der Waals surface area (Å²) >= 11 is 1.16. The van der Waals surface area contributed by atoms with E-state index >= 15 is 0 Å². The van der Waals surface area contributed by atoms with Gasteiger partial charge in [-0.1, -0.05) is 11.3 Å². The van der Waals surface area contributed by atoms with Gasteiger partial charge >= 0.3 is 5.00 Å². The van der Waals surface area contributed by atoms with Crippen molar-refractivity contribution in [3.05, 3.63) is 51.4 Å². The summed E-state index contributed by atoms with van der Waals surface area (Å²) in [5.74, 6) is 0. The molecule has 2 rings (SSSR count). The molecule has 0 fully saturated rings. The van der Waals surface area contributed by atoms with E-state index in [4.69, 9.17) is 0 Å². The number of anilines is 2. The number of rotatable bonds is 7. The largest absolute Gasteiger partial charge is 0.381 e. The number of benzene rings is 1. The third kappa shape index (κ3) is 3.95. The monoisotopic (exact) mass is 305 g/mol. The van der Waals surface area contributed by atoms with Gasteiger partial charge < -0.3 is 10.2 Å². The average molecular weight is 305 g/mol. The van der Waals surface area contributed by atoms with Crippen LogP contribution in [0.1, 0.15) is 19.4 Å². The van der Waals surface area contributed by atoms with E-state index in [1.54, 1.807) is 6.07 Å². The first-order valence-corrected chi connectivity index (χ1v) is 7.82. The predicted octanol–water partition coefficient (Wildman–Crippen LogP) is 4.11. The Labute approximate surface area is 128 Å². The zero-order valence-electron chi connectivity index (χ0n) is 12.2. The van der Waals surface area contributed by atoms with Crippen molar-refractivity contribution in [2.45, 2.75) is 20.4 Å². The first kappa shape index (κ1) is 15.3. The van der Waals surface area contributed by atoms with E-state index in [-0.39, 0.29) is 9.92 Å². The molecule has 0 aliphatic carbocycles. The quantitative estimate of drug-likeness (QED) is 0.617. The van der Waals surface area contributed by atoms with Gasteiger partial charge in [-0.3, -0.25) is 10.1 Å². The molecule has 0 atom stereocenters. The Kier molecular flexibility index (Phi) is 5.16. The molecule has 0 spiro atoms. The molecule has 1 aromatic heterocycles. The van der Waals surface area contributed by atoms with Crippen LogP contribution >= 0.6 is 11.3 Å². The molecule has 0 aliphatic heterocycles. The van der Waals surface area contributed by atoms with Crippen LogP contribution in [0.3, 0.4) is 0 Å². The van der Waals surface area contributed by atoms with E-state index in [9.17, 15) is 10.1 Å². The average Bonchev–Trinajstić information content (AvgIpc) is 2.97. The van der Waals surface area contributed by atoms with Gasteiger partial charge in [0.1, 0.15) is 0 Å². The number of nitrogens with zero attached hydrogens (tertiary/aromatic N) is 2. The topological polar surface area (TPSA) is 58.4 Å². The lowest BCUT2D eigenvalue weighted by molar-refractivity contribution is -0.380. The number of thiophene rings is 1. The van der Waals surface area contributed by atoms with Crippen molar-refractivity contribution in [1.29, 1.82) is 0 Å². The van der Waals surface area contributed by atoms with Gasteiger partial charge in [-0.15, -0.1) is 0 Å². The molecule has 112 valence electrons. The summed E-state index contributed by atoms with van der Waals surface area (Å²) < 4.78 is 0. The minimum atomic E-state index is -0.354. The predicted molar refractivity (Wildman–Crippen MR) is 88.3 cm³/mol. The number of nitrogens with one attached hydrogen (secondary N) is 1. The molecular formula is C15H19N3O2S. The fraction of sp³-hybridized carbons (Fsp3) is 0.333. The van der Waals surface area contributed by atoms with Crippen LogP contribution in [0.25, 0.3) is 0 Å². The normalized spacial score (nSPS) is 10.4. The van der Waals surface area contributed by atoms with Gasteiger partial charge in [0.2, 0.25) is 0 Å². The Balaban J connectivity index is 1.95. The zero-order valence-corrected chi connectivity index (χ0v) is 13.0. The lowest BCUT2D eigenvalue weighted by atomic mass is 10.2. The molecular weight excluding hydrogens is 286 g/mol. The van der Waals surface area contributed by atoms with Crippen LogP contribution in [-0.2, 0) is 6.54 Å². The summed E-state index contributed by atoms with van der Waals surface area (Å²) in [6.45, 7) is 6.84. The maximum Gasteiger partial charge on any atom is 0.324 e. The van der Waals surface area contributed by atoms with Gasteiger partial charge in [0.25, 0.3) is 0 Å². The Bertz CT molecular complexity index is 591. The third-order valence-corrected chi connectivity index (χ3v) is 4.24. The van der Waals surface area contributed by atoms with Crippen molar-refractivity contribution in [3.8, 4) is 0 Å². The highest BCUT2D eigenvalue weighted by Gasteiger charge is 2.09. The summed E-state index contributed by atoms with van der Waals surface area (Å²) in [5.41, 5.74) is 3.15. The molecule has 0 bridgehead atoms. The maximum atomic E-state index is 10.6. The first-order chi connectivity index (χ1) is 10.1. The Hall–Kier alpha value is -2.08. The highest BCUT2D eigenvalue weighted by atomic mass is 32.1. The minimum absolute atomic E-state index is 0.184. The highest BCUT2D eigenvalue weighted by Crippen LogP contribution is 2.24. The van der Waals surface area contributed by atoms with Crippen molar-refractivity contribution >= 4 is 27.7 Å². The molecule has 21 heavy (non-hydrogen) atoms. The molecule has 0 radical (unpaired) electrons. The van der Waals surface area contributed by atoms with Crippen LogP contribution in [0.5, 0.6) is 0 Å². The molecule has 5 nitrogen and oxygen atoms in total. The second-order valence-electron chi connectivity index (χ2n) is 4.62. The second kappa shape index (κ2) is 7.08. The van der Waals surface area contributed by atoms with Crippen molar-refractivity contribution in [1.82, 2.24) is 0 Å². The molecule has 0 saturated carbocycles. The summed E-state index contributed by atoms with van der Waals surface area (Å²) in [6.07, 6.45) is 0. The van der Waals surface area contributed by atoms with E-state index in [1.807, 2.05) is 17.5 Å². The SMILES string of the molecule is CCN(CC)c1ccc(NCc2csc([N+](=O)[O-])c2)cc1. The molecule has 2 aromatic rings. The summed E-state index contributed by atoms with van der Waals surface area (Å²) in [7, 11) is 0. The van der Waals surface area contributed by atoms with Crippen LogP contribution in [0, 0.1) is 10.1 Å². The number of nitro groups is 1. The number of hydrogen-bond acceptors (Lipinski definition) is 5. The van der Waals surface area contributed by atoms with E-state index in [1.165, 1.54) is 5.69 Å². The van der Waals surface area contributed by atoms with E-state index in [0.717, 1.165) is 35.7 Å².